The first-order valence-corrected chi connectivity index (χ1v) is 9.18. The summed E-state index contributed by atoms with van der Waals surface area (Å²) in [4.78, 5) is 34.4. The molecule has 12 heavy (non-hydrogen) atoms. The van der Waals surface area contributed by atoms with Gasteiger partial charge in [0.25, 0.3) is 0 Å². The van der Waals surface area contributed by atoms with Crippen molar-refractivity contribution in [3.8, 4) is 0 Å². The predicted molar refractivity (Wildman–Crippen MR) is 51.0 cm³/mol. The van der Waals surface area contributed by atoms with Crippen LogP contribution in [0.2, 0.25) is 0 Å². The topological polar surface area (TPSA) is 86.6 Å². The molecule has 64 valence electrons. The van der Waals surface area contributed by atoms with E-state index in [2.05, 4.69) is 48.1 Å². The molecule has 0 aromatic heterocycles. The van der Waals surface area contributed by atoms with Crippen LogP contribution in [0, 0.1) is 0 Å². The Balaban J connectivity index is -0.0000000457. The third kappa shape index (κ3) is 115. The summed E-state index contributed by atoms with van der Waals surface area (Å²) in [6.07, 6.45) is 0. The summed E-state index contributed by atoms with van der Waals surface area (Å²) >= 11 is 13.7. The van der Waals surface area contributed by atoms with Gasteiger partial charge in [0, 0.05) is 11.4 Å². The van der Waals surface area contributed by atoms with Crippen molar-refractivity contribution in [3.05, 3.63) is 0 Å². The molecule has 2 atom stereocenters. The van der Waals surface area contributed by atoms with Crippen LogP contribution < -0.4 is 113 Å². The third-order valence-electron chi connectivity index (χ3n) is 0. The van der Waals surface area contributed by atoms with Crippen LogP contribution in [0.25, 0.3) is 0 Å². The Morgan fingerprint density at radius 1 is 0.917 bits per heavy atom. The number of hydrogen-bond donors (Lipinski definition) is 4. The summed E-state index contributed by atoms with van der Waals surface area (Å²) in [7, 11) is 0. The second-order valence-corrected chi connectivity index (χ2v) is 10.8. The molecule has 0 aliphatic rings. The van der Waals surface area contributed by atoms with Gasteiger partial charge in [-0.3, -0.25) is 0 Å². The second kappa shape index (κ2) is 12.6. The zero-order valence-corrected chi connectivity index (χ0v) is 17.8. The molecule has 0 spiro atoms. The van der Waals surface area contributed by atoms with E-state index in [0.717, 1.165) is 0 Å². The summed E-state index contributed by atoms with van der Waals surface area (Å²) in [6, 6.07) is 0. The molecule has 4 nitrogen and oxygen atoms in total. The fourth-order valence-electron chi connectivity index (χ4n) is 0. The second-order valence-electron chi connectivity index (χ2n) is 0.981. The van der Waals surface area contributed by atoms with Crippen LogP contribution in [0.3, 0.4) is 0 Å². The zero-order chi connectivity index (χ0) is 9.00. The Kier molecular flexibility index (Phi) is 27.1. The van der Waals surface area contributed by atoms with Gasteiger partial charge in [-0.25, -0.2) is 0 Å². The average Bonchev–Trinajstić information content (AvgIpc) is 1.12. The van der Waals surface area contributed by atoms with Gasteiger partial charge in [-0.2, -0.15) is 0 Å². The van der Waals surface area contributed by atoms with Crippen molar-refractivity contribution < 1.29 is 122 Å². The van der Waals surface area contributed by atoms with Crippen molar-refractivity contribution in [1.29, 1.82) is 0 Å². The molecule has 0 saturated heterocycles. The van der Waals surface area contributed by atoms with E-state index in [1.807, 2.05) is 0 Å². The molecule has 0 heterocycles. The third-order valence-corrected chi connectivity index (χ3v) is 0. The Morgan fingerprint density at radius 2 is 0.917 bits per heavy atom. The van der Waals surface area contributed by atoms with Crippen molar-refractivity contribution >= 4 is 59.5 Å². The van der Waals surface area contributed by atoms with Crippen molar-refractivity contribution in [3.63, 3.8) is 0 Å². The Hall–Kier alpha value is 5.11. The molecule has 0 rings (SSSR count). The maximum absolute atomic E-state index is 9.45. The van der Waals surface area contributed by atoms with Crippen LogP contribution in [-0.4, -0.2) is 9.79 Å². The molecule has 0 aliphatic carbocycles. The maximum Gasteiger partial charge on any atom is 1.00 e. The van der Waals surface area contributed by atoms with Gasteiger partial charge in [0.1, 0.15) is 0 Å². The van der Waals surface area contributed by atoms with Crippen LogP contribution in [0.4, 0.5) is 0 Å². The molecule has 0 saturated carbocycles. The smallest absolute Gasteiger partial charge is 0.793 e. The SMILES string of the molecule is [K+].[K+].[O-]P(O)(=S)S.[O-]P(O)(=S)S. The largest absolute Gasteiger partial charge is 1.00 e. The van der Waals surface area contributed by atoms with E-state index in [9.17, 15) is 9.79 Å². The molecule has 0 bridgehead atoms. The van der Waals surface area contributed by atoms with Gasteiger partial charge >= 0.3 is 103 Å². The fraction of sp³-hybridized carbons (Fsp3) is 0. The number of hydrogen-bond acceptors (Lipinski definition) is 4. The van der Waals surface area contributed by atoms with E-state index < -0.39 is 11.4 Å². The fourth-order valence-corrected chi connectivity index (χ4v) is 0. The van der Waals surface area contributed by atoms with E-state index in [1.165, 1.54) is 0 Å². The molecule has 0 fully saturated rings. The summed E-state index contributed by atoms with van der Waals surface area (Å²) < 4.78 is 0. The normalized spacial score (nSPS) is 17.8. The van der Waals surface area contributed by atoms with Crippen LogP contribution in [0.5, 0.6) is 0 Å². The Labute approximate surface area is 177 Å². The van der Waals surface area contributed by atoms with E-state index in [-0.39, 0.29) is 103 Å². The van der Waals surface area contributed by atoms with Crippen molar-refractivity contribution in [2.45, 2.75) is 0 Å². The minimum atomic E-state index is -3.36. The van der Waals surface area contributed by atoms with E-state index >= 15 is 0 Å². The summed E-state index contributed by atoms with van der Waals surface area (Å²) in [5.74, 6) is 0. The van der Waals surface area contributed by atoms with Crippen LogP contribution in [-0.2, 0) is 23.6 Å². The zero-order valence-electron chi connectivity index (χ0n) is 6.32. The minimum absolute atomic E-state index is 0. The minimum Gasteiger partial charge on any atom is -0.793 e. The van der Waals surface area contributed by atoms with Gasteiger partial charge in [-0.15, -0.1) is 24.5 Å². The molecule has 0 amide bonds. The first kappa shape index (κ1) is 25.8. The molecular weight excluding hydrogens is 332 g/mol. The standard InChI is InChI=1S/2K.2H3O2PS2/c;;2*1-3(2,4)5/h;;2*(H3,1,2,4,5)/q2*+1;;/p-2. The number of rotatable bonds is 0. The monoisotopic (exact) mass is 336 g/mol. The molecule has 2 N–H and O–H groups in total. The molecule has 0 aromatic carbocycles. The summed E-state index contributed by atoms with van der Waals surface area (Å²) in [5, 5.41) is 0. The van der Waals surface area contributed by atoms with Gasteiger partial charge in [0.2, 0.25) is 0 Å². The molecule has 2 unspecified atom stereocenters. The maximum atomic E-state index is 9.45. The van der Waals surface area contributed by atoms with Gasteiger partial charge in [0.05, 0.1) is 0 Å². The Bertz CT molecular complexity index is 135. The van der Waals surface area contributed by atoms with Gasteiger partial charge < -0.3 is 19.6 Å². The van der Waals surface area contributed by atoms with Crippen molar-refractivity contribution in [2.75, 3.05) is 0 Å². The molecular formula is H4K2O4P2S4. The van der Waals surface area contributed by atoms with Crippen molar-refractivity contribution in [2.24, 2.45) is 0 Å². The molecule has 12 heteroatoms. The first-order valence-electron chi connectivity index (χ1n) is 1.53. The van der Waals surface area contributed by atoms with Gasteiger partial charge in [-0.05, 0) is 0 Å². The van der Waals surface area contributed by atoms with Gasteiger partial charge in [0.15, 0.2) is 0 Å². The van der Waals surface area contributed by atoms with Crippen molar-refractivity contribution in [1.82, 2.24) is 0 Å². The molecule has 0 aliphatic heterocycles. The van der Waals surface area contributed by atoms with E-state index in [1.54, 1.807) is 0 Å². The van der Waals surface area contributed by atoms with Crippen LogP contribution >= 0.6 is 35.9 Å². The van der Waals surface area contributed by atoms with Crippen LogP contribution in [0.1, 0.15) is 0 Å². The predicted octanol–water partition coefficient (Wildman–Crippen LogP) is -7.01. The molecule has 0 radical (unpaired) electrons. The number of thiol groups is 2. The van der Waals surface area contributed by atoms with E-state index in [0.29, 0.717) is 0 Å². The van der Waals surface area contributed by atoms with Gasteiger partial charge in [-0.1, -0.05) is 23.6 Å². The molecule has 0 aromatic rings. The average molecular weight is 336 g/mol. The summed E-state index contributed by atoms with van der Waals surface area (Å²) in [5.41, 5.74) is -6.72. The van der Waals surface area contributed by atoms with E-state index in [4.69, 9.17) is 9.79 Å². The Morgan fingerprint density at radius 3 is 0.917 bits per heavy atom. The van der Waals surface area contributed by atoms with Crippen LogP contribution in [0.15, 0.2) is 0 Å². The first-order chi connectivity index (χ1) is 4.00. The summed E-state index contributed by atoms with van der Waals surface area (Å²) in [6.45, 7) is 0. The quantitative estimate of drug-likeness (QED) is 0.200.